The number of benzene rings is 1. The van der Waals surface area contributed by atoms with Crippen LogP contribution in [0.25, 0.3) is 10.8 Å². The Morgan fingerprint density at radius 2 is 2.10 bits per heavy atom. The van der Waals surface area contributed by atoms with Gasteiger partial charge in [-0.05, 0) is 32.0 Å². The second kappa shape index (κ2) is 6.23. The second-order valence-corrected chi connectivity index (χ2v) is 4.56. The zero-order chi connectivity index (χ0) is 14.5. The highest BCUT2D eigenvalue weighted by Crippen LogP contribution is 2.29. The summed E-state index contributed by atoms with van der Waals surface area (Å²) < 4.78 is 0. The van der Waals surface area contributed by atoms with Crippen LogP contribution in [0.3, 0.4) is 0 Å². The summed E-state index contributed by atoms with van der Waals surface area (Å²) in [4.78, 5) is 18.0. The molecule has 0 saturated heterocycles. The summed E-state index contributed by atoms with van der Waals surface area (Å²) in [6.07, 6.45) is 3.52. The van der Waals surface area contributed by atoms with Crippen LogP contribution in [-0.4, -0.2) is 30.5 Å². The van der Waals surface area contributed by atoms with Gasteiger partial charge < -0.3 is 16.0 Å². The fourth-order valence-corrected chi connectivity index (χ4v) is 2.27. The van der Waals surface area contributed by atoms with Crippen molar-refractivity contribution in [1.29, 1.82) is 0 Å². The number of hydrogen-bond donors (Lipinski definition) is 2. The molecule has 2 rings (SSSR count). The Kier molecular flexibility index (Phi) is 4.40. The highest BCUT2D eigenvalue weighted by atomic mass is 16.2. The van der Waals surface area contributed by atoms with Gasteiger partial charge in [0.15, 0.2) is 0 Å². The van der Waals surface area contributed by atoms with Crippen LogP contribution in [-0.2, 0) is 4.79 Å². The number of fused-ring (bicyclic) bond motifs is 1. The molecule has 2 aromatic rings. The van der Waals surface area contributed by atoms with Crippen molar-refractivity contribution in [2.24, 2.45) is 0 Å². The molecule has 5 nitrogen and oxygen atoms in total. The predicted octanol–water partition coefficient (Wildman–Crippen LogP) is 1.78. The summed E-state index contributed by atoms with van der Waals surface area (Å²) >= 11 is 0. The molecule has 5 heteroatoms. The normalized spacial score (nSPS) is 10.5. The van der Waals surface area contributed by atoms with Gasteiger partial charge in [0.2, 0.25) is 5.91 Å². The fraction of sp³-hybridized carbons (Fsp3) is 0.333. The molecule has 0 fully saturated rings. The molecule has 1 aromatic heterocycles. The number of aromatic nitrogens is 1. The monoisotopic (exact) mass is 272 g/mol. The number of carbonyl (C=O) groups excluding carboxylic acids is 1. The van der Waals surface area contributed by atoms with Crippen LogP contribution in [0, 0.1) is 0 Å². The van der Waals surface area contributed by atoms with E-state index in [1.165, 1.54) is 0 Å². The lowest BCUT2D eigenvalue weighted by Gasteiger charge is -2.24. The number of anilines is 2. The van der Waals surface area contributed by atoms with E-state index in [9.17, 15) is 4.79 Å². The zero-order valence-corrected chi connectivity index (χ0v) is 11.9. The number of carbonyl (C=O) groups is 1. The molecular formula is C15H20N4O. The quantitative estimate of drug-likeness (QED) is 0.814. The number of likely N-dealkylation sites (N-methyl/N-ethyl adjacent to an activating group) is 2. The van der Waals surface area contributed by atoms with E-state index in [4.69, 9.17) is 5.73 Å². The van der Waals surface area contributed by atoms with E-state index < -0.39 is 0 Å². The van der Waals surface area contributed by atoms with Gasteiger partial charge in [-0.3, -0.25) is 9.78 Å². The van der Waals surface area contributed by atoms with Crippen LogP contribution in [0.4, 0.5) is 11.4 Å². The van der Waals surface area contributed by atoms with Crippen LogP contribution in [0.15, 0.2) is 30.6 Å². The van der Waals surface area contributed by atoms with E-state index in [2.05, 4.69) is 10.3 Å². The van der Waals surface area contributed by atoms with Crippen molar-refractivity contribution >= 4 is 28.1 Å². The number of hydrogen-bond acceptors (Lipinski definition) is 4. The molecule has 20 heavy (non-hydrogen) atoms. The maximum atomic E-state index is 11.8. The van der Waals surface area contributed by atoms with Crippen LogP contribution in [0.2, 0.25) is 0 Å². The van der Waals surface area contributed by atoms with Crippen molar-refractivity contribution in [3.05, 3.63) is 30.6 Å². The minimum atomic E-state index is 0.0169. The summed E-state index contributed by atoms with van der Waals surface area (Å²) in [6, 6.07) is 5.72. The minimum Gasteiger partial charge on any atom is -0.398 e. The first-order valence-electron chi connectivity index (χ1n) is 6.81. The summed E-state index contributed by atoms with van der Waals surface area (Å²) in [7, 11) is 0. The SMILES string of the molecule is CCNC(=O)CN(CC)c1ccc(N)c2ccncc12. The molecule has 0 aliphatic rings. The number of nitrogens with two attached hydrogens (primary N) is 1. The molecule has 1 heterocycles. The molecule has 3 N–H and O–H groups in total. The first-order valence-corrected chi connectivity index (χ1v) is 6.81. The third-order valence-corrected chi connectivity index (χ3v) is 3.26. The Bertz CT molecular complexity index is 612. The lowest BCUT2D eigenvalue weighted by molar-refractivity contribution is -0.119. The summed E-state index contributed by atoms with van der Waals surface area (Å²) in [5.41, 5.74) is 7.69. The lowest BCUT2D eigenvalue weighted by atomic mass is 10.1. The average molecular weight is 272 g/mol. The Labute approximate surface area is 118 Å². The number of pyridine rings is 1. The van der Waals surface area contributed by atoms with Crippen molar-refractivity contribution in [3.8, 4) is 0 Å². The van der Waals surface area contributed by atoms with Gasteiger partial charge in [-0.15, -0.1) is 0 Å². The third kappa shape index (κ3) is 2.82. The largest absolute Gasteiger partial charge is 0.398 e. The minimum absolute atomic E-state index is 0.0169. The van der Waals surface area contributed by atoms with E-state index in [0.717, 1.165) is 28.7 Å². The van der Waals surface area contributed by atoms with Gasteiger partial charge in [0.1, 0.15) is 0 Å². The molecule has 0 spiro atoms. The molecule has 0 saturated carbocycles. The van der Waals surface area contributed by atoms with Gasteiger partial charge in [0, 0.05) is 47.6 Å². The summed E-state index contributed by atoms with van der Waals surface area (Å²) in [5, 5.41) is 4.75. The van der Waals surface area contributed by atoms with Gasteiger partial charge >= 0.3 is 0 Å². The van der Waals surface area contributed by atoms with Crippen molar-refractivity contribution in [2.75, 3.05) is 30.3 Å². The van der Waals surface area contributed by atoms with E-state index in [1.807, 2.05) is 36.9 Å². The highest BCUT2D eigenvalue weighted by molar-refractivity contribution is 6.01. The van der Waals surface area contributed by atoms with Gasteiger partial charge in [-0.25, -0.2) is 0 Å². The molecule has 106 valence electrons. The summed E-state index contributed by atoms with van der Waals surface area (Å²) in [5.74, 6) is 0.0169. The average Bonchev–Trinajstić information content (AvgIpc) is 2.46. The number of rotatable bonds is 5. The molecule has 0 aliphatic carbocycles. The molecule has 0 bridgehead atoms. The Morgan fingerprint density at radius 3 is 2.80 bits per heavy atom. The van der Waals surface area contributed by atoms with Gasteiger partial charge in [0.05, 0.1) is 6.54 Å². The Hall–Kier alpha value is -2.30. The first kappa shape index (κ1) is 14.1. The van der Waals surface area contributed by atoms with E-state index in [-0.39, 0.29) is 5.91 Å². The number of amides is 1. The van der Waals surface area contributed by atoms with Crippen LogP contribution >= 0.6 is 0 Å². The number of nitrogen functional groups attached to an aromatic ring is 1. The maximum Gasteiger partial charge on any atom is 0.239 e. The third-order valence-electron chi connectivity index (χ3n) is 3.26. The van der Waals surface area contributed by atoms with Crippen LogP contribution in [0.1, 0.15) is 13.8 Å². The lowest BCUT2D eigenvalue weighted by Crippen LogP contribution is -2.37. The van der Waals surface area contributed by atoms with Crippen LogP contribution in [0.5, 0.6) is 0 Å². The van der Waals surface area contributed by atoms with Gasteiger partial charge in [-0.1, -0.05) is 0 Å². The molecular weight excluding hydrogens is 252 g/mol. The topological polar surface area (TPSA) is 71.2 Å². The maximum absolute atomic E-state index is 11.8. The molecule has 0 radical (unpaired) electrons. The molecule has 0 aliphatic heterocycles. The second-order valence-electron chi connectivity index (χ2n) is 4.56. The Balaban J connectivity index is 2.40. The van der Waals surface area contributed by atoms with Gasteiger partial charge in [0.25, 0.3) is 0 Å². The molecule has 1 amide bonds. The highest BCUT2D eigenvalue weighted by Gasteiger charge is 2.13. The van der Waals surface area contributed by atoms with Crippen molar-refractivity contribution in [1.82, 2.24) is 10.3 Å². The standard InChI is InChI=1S/C15H20N4O/c1-3-18-15(20)10-19(4-2)14-6-5-13(16)11-7-8-17-9-12(11)14/h5-9H,3-4,10,16H2,1-2H3,(H,18,20). The van der Waals surface area contributed by atoms with E-state index in [0.29, 0.717) is 13.1 Å². The fourth-order valence-electron chi connectivity index (χ4n) is 2.27. The first-order chi connectivity index (χ1) is 9.67. The van der Waals surface area contributed by atoms with Gasteiger partial charge in [-0.2, -0.15) is 0 Å². The number of nitrogens with zero attached hydrogens (tertiary/aromatic N) is 2. The Morgan fingerprint density at radius 1 is 1.30 bits per heavy atom. The predicted molar refractivity (Wildman–Crippen MR) is 82.7 cm³/mol. The van der Waals surface area contributed by atoms with Crippen molar-refractivity contribution in [3.63, 3.8) is 0 Å². The molecule has 0 atom stereocenters. The number of nitrogens with one attached hydrogen (secondary N) is 1. The zero-order valence-electron chi connectivity index (χ0n) is 11.9. The van der Waals surface area contributed by atoms with Crippen molar-refractivity contribution < 1.29 is 4.79 Å². The van der Waals surface area contributed by atoms with E-state index >= 15 is 0 Å². The van der Waals surface area contributed by atoms with E-state index in [1.54, 1.807) is 12.4 Å². The van der Waals surface area contributed by atoms with Crippen molar-refractivity contribution in [2.45, 2.75) is 13.8 Å². The smallest absolute Gasteiger partial charge is 0.239 e. The summed E-state index contributed by atoms with van der Waals surface area (Å²) in [6.45, 7) is 5.65. The molecule has 0 unspecified atom stereocenters. The molecule has 1 aromatic carbocycles. The van der Waals surface area contributed by atoms with Crippen LogP contribution < -0.4 is 16.0 Å².